The standard InChI is InChI=1S/C12H11N7OS/c1-18-11-8(5-15-18)12(20)19(17-16-11)6-7-2-3-14-9(4-7)10(13)21/h2-5H,6H2,1H3,(H2,13,21). The second-order valence-electron chi connectivity index (χ2n) is 4.47. The number of hydrogen-bond acceptors (Lipinski definition) is 6. The highest BCUT2D eigenvalue weighted by Crippen LogP contribution is 2.05. The Labute approximate surface area is 124 Å². The third-order valence-electron chi connectivity index (χ3n) is 3.03. The van der Waals surface area contributed by atoms with Gasteiger partial charge in [0.2, 0.25) is 0 Å². The molecule has 3 heterocycles. The van der Waals surface area contributed by atoms with Crippen molar-refractivity contribution in [3.8, 4) is 0 Å². The van der Waals surface area contributed by atoms with E-state index in [1.165, 1.54) is 15.6 Å². The van der Waals surface area contributed by atoms with Crippen LogP contribution in [0.5, 0.6) is 0 Å². The minimum absolute atomic E-state index is 0.206. The third kappa shape index (κ3) is 2.38. The van der Waals surface area contributed by atoms with Gasteiger partial charge in [0.05, 0.1) is 18.4 Å². The summed E-state index contributed by atoms with van der Waals surface area (Å²) in [5.41, 5.74) is 7.07. The topological polar surface area (TPSA) is 105 Å². The molecule has 9 heteroatoms. The van der Waals surface area contributed by atoms with Gasteiger partial charge in [-0.1, -0.05) is 17.4 Å². The third-order valence-corrected chi connectivity index (χ3v) is 3.24. The van der Waals surface area contributed by atoms with Crippen molar-refractivity contribution in [2.24, 2.45) is 12.8 Å². The molecule has 0 aliphatic carbocycles. The number of hydrogen-bond donors (Lipinski definition) is 1. The number of nitrogens with zero attached hydrogens (tertiary/aromatic N) is 6. The van der Waals surface area contributed by atoms with Crippen LogP contribution >= 0.6 is 12.2 Å². The average Bonchev–Trinajstić information content (AvgIpc) is 2.84. The van der Waals surface area contributed by atoms with Crippen LogP contribution in [0.4, 0.5) is 0 Å². The first-order valence-electron chi connectivity index (χ1n) is 6.06. The van der Waals surface area contributed by atoms with Crippen LogP contribution in [0, 0.1) is 0 Å². The molecule has 0 spiro atoms. The fourth-order valence-corrected chi connectivity index (χ4v) is 2.07. The molecule has 0 atom stereocenters. The molecular formula is C12H11N7OS. The molecule has 3 aromatic rings. The lowest BCUT2D eigenvalue weighted by Crippen LogP contribution is -2.25. The van der Waals surface area contributed by atoms with Gasteiger partial charge < -0.3 is 5.73 Å². The maximum Gasteiger partial charge on any atom is 0.281 e. The van der Waals surface area contributed by atoms with E-state index in [-0.39, 0.29) is 17.1 Å². The summed E-state index contributed by atoms with van der Waals surface area (Å²) in [6, 6.07) is 3.49. The number of fused-ring (bicyclic) bond motifs is 1. The minimum atomic E-state index is -0.248. The predicted octanol–water partition coefficient (Wildman–Crippen LogP) is -0.398. The smallest absolute Gasteiger partial charge is 0.281 e. The first-order chi connectivity index (χ1) is 10.1. The zero-order valence-corrected chi connectivity index (χ0v) is 11.9. The molecule has 3 rings (SSSR count). The molecule has 21 heavy (non-hydrogen) atoms. The summed E-state index contributed by atoms with van der Waals surface area (Å²) in [7, 11) is 1.71. The molecule has 3 aromatic heterocycles. The number of aryl methyl sites for hydroxylation is 1. The van der Waals surface area contributed by atoms with Gasteiger partial charge >= 0.3 is 0 Å². The zero-order chi connectivity index (χ0) is 15.0. The largest absolute Gasteiger partial charge is 0.388 e. The molecule has 0 saturated heterocycles. The van der Waals surface area contributed by atoms with E-state index >= 15 is 0 Å². The van der Waals surface area contributed by atoms with Crippen molar-refractivity contribution >= 4 is 28.2 Å². The van der Waals surface area contributed by atoms with Crippen molar-refractivity contribution in [1.29, 1.82) is 0 Å². The molecule has 0 unspecified atom stereocenters. The Balaban J connectivity index is 2.02. The average molecular weight is 301 g/mol. The number of aromatic nitrogens is 6. The van der Waals surface area contributed by atoms with Gasteiger partial charge in [-0.3, -0.25) is 9.78 Å². The fraction of sp³-hybridized carbons (Fsp3) is 0.167. The highest BCUT2D eigenvalue weighted by atomic mass is 32.1. The molecule has 0 aromatic carbocycles. The molecule has 0 saturated carbocycles. The molecule has 106 valence electrons. The Morgan fingerprint density at radius 3 is 3.05 bits per heavy atom. The Morgan fingerprint density at radius 1 is 1.48 bits per heavy atom. The maximum atomic E-state index is 12.3. The van der Waals surface area contributed by atoms with E-state index in [4.69, 9.17) is 18.0 Å². The molecule has 8 nitrogen and oxygen atoms in total. The van der Waals surface area contributed by atoms with Gasteiger partial charge in [-0.15, -0.1) is 5.10 Å². The van der Waals surface area contributed by atoms with Crippen molar-refractivity contribution in [2.45, 2.75) is 6.54 Å². The van der Waals surface area contributed by atoms with Crippen molar-refractivity contribution in [3.05, 3.63) is 46.1 Å². The minimum Gasteiger partial charge on any atom is -0.388 e. The fourth-order valence-electron chi connectivity index (χ4n) is 1.96. The summed E-state index contributed by atoms with van der Waals surface area (Å²) in [5, 5.41) is 12.3. The van der Waals surface area contributed by atoms with Crippen LogP contribution in [0.1, 0.15) is 11.3 Å². The summed E-state index contributed by atoms with van der Waals surface area (Å²) >= 11 is 4.89. The summed E-state index contributed by atoms with van der Waals surface area (Å²) in [6.07, 6.45) is 3.07. The van der Waals surface area contributed by atoms with Crippen LogP contribution in [0.15, 0.2) is 29.3 Å². The van der Waals surface area contributed by atoms with Crippen LogP contribution in [0.25, 0.3) is 11.0 Å². The van der Waals surface area contributed by atoms with Crippen molar-refractivity contribution in [3.63, 3.8) is 0 Å². The van der Waals surface area contributed by atoms with E-state index < -0.39 is 0 Å². The van der Waals surface area contributed by atoms with E-state index in [1.807, 2.05) is 0 Å². The normalized spacial score (nSPS) is 10.9. The van der Waals surface area contributed by atoms with Gasteiger partial charge in [0.25, 0.3) is 5.56 Å². The Hall–Kier alpha value is -2.68. The summed E-state index contributed by atoms with van der Waals surface area (Å²) in [6.45, 7) is 0.259. The van der Waals surface area contributed by atoms with Gasteiger partial charge in [-0.2, -0.15) is 5.10 Å². The molecule has 0 aliphatic heterocycles. The van der Waals surface area contributed by atoms with Crippen LogP contribution < -0.4 is 11.3 Å². The van der Waals surface area contributed by atoms with Crippen LogP contribution in [-0.4, -0.2) is 34.7 Å². The molecule has 0 radical (unpaired) electrons. The molecular weight excluding hydrogens is 290 g/mol. The van der Waals surface area contributed by atoms with E-state index in [0.717, 1.165) is 5.56 Å². The summed E-state index contributed by atoms with van der Waals surface area (Å²) in [5.74, 6) is 0. The summed E-state index contributed by atoms with van der Waals surface area (Å²) < 4.78 is 2.77. The number of pyridine rings is 1. The number of nitrogens with two attached hydrogens (primary N) is 1. The first-order valence-corrected chi connectivity index (χ1v) is 6.47. The van der Waals surface area contributed by atoms with E-state index in [2.05, 4.69) is 20.4 Å². The van der Waals surface area contributed by atoms with Gasteiger partial charge in [0.1, 0.15) is 10.4 Å². The van der Waals surface area contributed by atoms with Gasteiger partial charge in [0.15, 0.2) is 5.65 Å². The van der Waals surface area contributed by atoms with Gasteiger partial charge in [-0.25, -0.2) is 9.36 Å². The van der Waals surface area contributed by atoms with Crippen molar-refractivity contribution in [2.75, 3.05) is 0 Å². The quantitative estimate of drug-likeness (QED) is 0.656. The Morgan fingerprint density at radius 2 is 2.29 bits per heavy atom. The first kappa shape index (κ1) is 13.3. The monoisotopic (exact) mass is 301 g/mol. The zero-order valence-electron chi connectivity index (χ0n) is 11.1. The molecule has 2 N–H and O–H groups in total. The lowest BCUT2D eigenvalue weighted by Gasteiger charge is -2.05. The van der Waals surface area contributed by atoms with Crippen LogP contribution in [0.2, 0.25) is 0 Å². The lowest BCUT2D eigenvalue weighted by molar-refractivity contribution is 0.595. The van der Waals surface area contributed by atoms with Crippen molar-refractivity contribution in [1.82, 2.24) is 29.8 Å². The van der Waals surface area contributed by atoms with Crippen LogP contribution in [0.3, 0.4) is 0 Å². The van der Waals surface area contributed by atoms with Crippen molar-refractivity contribution < 1.29 is 0 Å². The lowest BCUT2D eigenvalue weighted by atomic mass is 10.2. The highest BCUT2D eigenvalue weighted by molar-refractivity contribution is 7.80. The highest BCUT2D eigenvalue weighted by Gasteiger charge is 2.10. The predicted molar refractivity (Wildman–Crippen MR) is 79.8 cm³/mol. The molecule has 0 fully saturated rings. The SMILES string of the molecule is Cn1ncc2c(=O)n(Cc3ccnc(C(N)=S)c3)nnc21. The molecule has 0 amide bonds. The van der Waals surface area contributed by atoms with Crippen LogP contribution in [-0.2, 0) is 13.6 Å². The Bertz CT molecular complexity index is 898. The maximum absolute atomic E-state index is 12.3. The second-order valence-corrected chi connectivity index (χ2v) is 4.91. The number of rotatable bonds is 3. The van der Waals surface area contributed by atoms with E-state index in [9.17, 15) is 4.79 Å². The number of thiocarbonyl (C=S) groups is 1. The van der Waals surface area contributed by atoms with Gasteiger partial charge in [0, 0.05) is 13.2 Å². The van der Waals surface area contributed by atoms with E-state index in [0.29, 0.717) is 16.7 Å². The Kier molecular flexibility index (Phi) is 3.18. The second kappa shape index (κ2) is 5.02. The van der Waals surface area contributed by atoms with E-state index in [1.54, 1.807) is 25.4 Å². The molecule has 0 bridgehead atoms. The van der Waals surface area contributed by atoms with Gasteiger partial charge in [-0.05, 0) is 17.7 Å². The summed E-state index contributed by atoms with van der Waals surface area (Å²) in [4.78, 5) is 16.6. The molecule has 0 aliphatic rings.